The van der Waals surface area contributed by atoms with E-state index in [0.717, 1.165) is 29.8 Å². The molecule has 0 unspecified atom stereocenters. The lowest BCUT2D eigenvalue weighted by molar-refractivity contribution is 0.0942. The lowest BCUT2D eigenvalue weighted by Crippen LogP contribution is -2.28. The summed E-state index contributed by atoms with van der Waals surface area (Å²) in [7, 11) is 8.97. The Bertz CT molecular complexity index is 1820. The number of methoxy groups -OCH3 is 1. The average molecular weight is 598 g/mol. The van der Waals surface area contributed by atoms with Crippen LogP contribution in [0.5, 0.6) is 5.75 Å². The second kappa shape index (κ2) is 12.8. The largest absolute Gasteiger partial charge is 0.497 e. The van der Waals surface area contributed by atoms with Crippen molar-refractivity contribution in [3.63, 3.8) is 0 Å². The van der Waals surface area contributed by atoms with Crippen LogP contribution in [0.1, 0.15) is 37.9 Å². The molecule has 13 heteroatoms. The lowest BCUT2D eigenvalue weighted by atomic mass is 10.2. The smallest absolute Gasteiger partial charge is 0.291 e. The zero-order valence-electron chi connectivity index (χ0n) is 25.3. The fraction of sp³-hybridized carbons (Fsp3) is 0.258. The van der Waals surface area contributed by atoms with Crippen LogP contribution >= 0.6 is 0 Å². The Morgan fingerprint density at radius 1 is 0.909 bits per heavy atom. The zero-order chi connectivity index (χ0) is 31.4. The van der Waals surface area contributed by atoms with E-state index in [1.807, 2.05) is 38.4 Å². The number of aromatic nitrogens is 5. The van der Waals surface area contributed by atoms with E-state index in [-0.39, 0.29) is 23.5 Å². The van der Waals surface area contributed by atoms with Crippen LogP contribution in [-0.4, -0.2) is 81.0 Å². The van der Waals surface area contributed by atoms with Crippen LogP contribution in [0.2, 0.25) is 0 Å². The Kier molecular flexibility index (Phi) is 8.76. The molecule has 0 saturated heterocycles. The number of aromatic amines is 1. The zero-order valence-corrected chi connectivity index (χ0v) is 25.3. The van der Waals surface area contributed by atoms with E-state index in [2.05, 4.69) is 35.8 Å². The molecule has 3 aromatic heterocycles. The van der Waals surface area contributed by atoms with Crippen molar-refractivity contribution in [2.75, 3.05) is 44.9 Å². The van der Waals surface area contributed by atoms with Crippen LogP contribution in [-0.2, 0) is 14.1 Å². The van der Waals surface area contributed by atoms with Crippen LogP contribution in [0, 0.1) is 0 Å². The van der Waals surface area contributed by atoms with Crippen LogP contribution in [0.25, 0.3) is 22.4 Å². The van der Waals surface area contributed by atoms with Crippen LogP contribution in [0.4, 0.5) is 11.5 Å². The number of rotatable bonds is 11. The van der Waals surface area contributed by atoms with Gasteiger partial charge in [-0.15, -0.1) is 0 Å². The maximum absolute atomic E-state index is 13.1. The van der Waals surface area contributed by atoms with Gasteiger partial charge in [0.2, 0.25) is 5.82 Å². The number of amides is 3. The van der Waals surface area contributed by atoms with Gasteiger partial charge in [0.15, 0.2) is 5.82 Å². The first kappa shape index (κ1) is 30.0. The van der Waals surface area contributed by atoms with Gasteiger partial charge in [0.05, 0.1) is 23.8 Å². The molecule has 0 saturated carbocycles. The van der Waals surface area contributed by atoms with Gasteiger partial charge in [-0.25, -0.2) is 9.97 Å². The third-order valence-electron chi connectivity index (χ3n) is 6.99. The van der Waals surface area contributed by atoms with Crippen molar-refractivity contribution < 1.29 is 19.1 Å². The average Bonchev–Trinajstić information content (AvgIpc) is 3.70. The van der Waals surface area contributed by atoms with Crippen molar-refractivity contribution in [3.8, 4) is 17.1 Å². The highest BCUT2D eigenvalue weighted by molar-refractivity contribution is 6.07. The topological polar surface area (TPSA) is 151 Å². The number of hydrogen-bond donors (Lipinski definition) is 4. The van der Waals surface area contributed by atoms with Gasteiger partial charge >= 0.3 is 0 Å². The number of ether oxygens (including phenoxy) is 1. The quantitative estimate of drug-likeness (QED) is 0.170. The summed E-state index contributed by atoms with van der Waals surface area (Å²) in [5.74, 6) is 0.637. The molecule has 228 valence electrons. The molecule has 0 bridgehead atoms. The third-order valence-corrected chi connectivity index (χ3v) is 6.99. The van der Waals surface area contributed by atoms with E-state index in [1.54, 1.807) is 62.4 Å². The second-order valence-electron chi connectivity index (χ2n) is 10.7. The summed E-state index contributed by atoms with van der Waals surface area (Å²) in [6, 6.07) is 14.3. The standard InChI is InChI=1S/C31H35N9O4/c1-38(2)14-6-13-32-30(42)25-16-21(17-39(25)3)33-31(43)28-36-26(18-40(28)4)37-29(41)20-9-12-23-24(15-20)35-27(34-23)19-7-10-22(44-5)11-8-19/h7-12,15-18H,6,13-14H2,1-5H3,(H,32,42)(H,33,43)(H,34,35)(H,37,41). The van der Waals surface area contributed by atoms with Crippen LogP contribution in [0.15, 0.2) is 60.9 Å². The summed E-state index contributed by atoms with van der Waals surface area (Å²) in [6.07, 6.45) is 4.04. The normalized spacial score (nSPS) is 11.1. The Morgan fingerprint density at radius 2 is 1.68 bits per heavy atom. The monoisotopic (exact) mass is 597 g/mol. The van der Waals surface area contributed by atoms with Gasteiger partial charge < -0.3 is 39.7 Å². The van der Waals surface area contributed by atoms with E-state index >= 15 is 0 Å². The fourth-order valence-electron chi connectivity index (χ4n) is 4.70. The molecule has 5 aromatic rings. The van der Waals surface area contributed by atoms with Crippen molar-refractivity contribution in [1.82, 2.24) is 34.3 Å². The Labute approximate surface area is 254 Å². The first-order valence-electron chi connectivity index (χ1n) is 14.0. The lowest BCUT2D eigenvalue weighted by Gasteiger charge is -2.10. The molecule has 2 aromatic carbocycles. The predicted octanol–water partition coefficient (Wildman–Crippen LogP) is 3.50. The summed E-state index contributed by atoms with van der Waals surface area (Å²) < 4.78 is 8.39. The van der Waals surface area contributed by atoms with E-state index in [1.165, 1.54) is 4.57 Å². The molecular weight excluding hydrogens is 562 g/mol. The number of nitrogens with zero attached hydrogens (tertiary/aromatic N) is 5. The number of hydrogen-bond acceptors (Lipinski definition) is 7. The number of carbonyl (C=O) groups is 3. The van der Waals surface area contributed by atoms with Crippen molar-refractivity contribution >= 4 is 40.3 Å². The van der Waals surface area contributed by atoms with Crippen molar-refractivity contribution in [1.29, 1.82) is 0 Å². The molecule has 0 aliphatic heterocycles. The van der Waals surface area contributed by atoms with Gasteiger partial charge in [-0.2, -0.15) is 0 Å². The summed E-state index contributed by atoms with van der Waals surface area (Å²) in [5, 5.41) is 8.43. The van der Waals surface area contributed by atoms with Crippen molar-refractivity contribution in [3.05, 3.63) is 78.0 Å². The minimum absolute atomic E-state index is 0.0898. The number of fused-ring (bicyclic) bond motifs is 1. The van der Waals surface area contributed by atoms with Gasteiger partial charge in [-0.05, 0) is 75.6 Å². The number of imidazole rings is 2. The summed E-state index contributed by atoms with van der Waals surface area (Å²) in [4.78, 5) is 52.9. The summed E-state index contributed by atoms with van der Waals surface area (Å²) in [6.45, 7) is 1.42. The first-order valence-corrected chi connectivity index (χ1v) is 14.0. The maximum Gasteiger partial charge on any atom is 0.291 e. The number of anilines is 2. The van der Waals surface area contributed by atoms with Crippen LogP contribution < -0.4 is 20.7 Å². The van der Waals surface area contributed by atoms with Crippen molar-refractivity contribution in [2.45, 2.75) is 6.42 Å². The van der Waals surface area contributed by atoms with E-state index in [0.29, 0.717) is 34.8 Å². The Hall–Kier alpha value is -5.43. The summed E-state index contributed by atoms with van der Waals surface area (Å²) >= 11 is 0. The van der Waals surface area contributed by atoms with Gasteiger partial charge in [-0.1, -0.05) is 0 Å². The van der Waals surface area contributed by atoms with E-state index in [9.17, 15) is 14.4 Å². The molecule has 3 amide bonds. The fourth-order valence-corrected chi connectivity index (χ4v) is 4.70. The molecule has 44 heavy (non-hydrogen) atoms. The second-order valence-corrected chi connectivity index (χ2v) is 10.7. The van der Waals surface area contributed by atoms with Crippen LogP contribution in [0.3, 0.4) is 0 Å². The molecule has 13 nitrogen and oxygen atoms in total. The first-order chi connectivity index (χ1) is 21.1. The SMILES string of the molecule is COc1ccc(-c2nc3ccc(C(=O)Nc4cn(C)c(C(=O)Nc5cc(C(=O)NCCCN(C)C)n(C)c5)n4)cc3[nH]2)cc1. The Morgan fingerprint density at radius 3 is 2.41 bits per heavy atom. The highest BCUT2D eigenvalue weighted by Crippen LogP contribution is 2.24. The van der Waals surface area contributed by atoms with Gasteiger partial charge in [-0.3, -0.25) is 14.4 Å². The Balaban J connectivity index is 1.22. The highest BCUT2D eigenvalue weighted by atomic mass is 16.5. The highest BCUT2D eigenvalue weighted by Gasteiger charge is 2.19. The number of nitrogens with one attached hydrogen (secondary N) is 4. The van der Waals surface area contributed by atoms with Gasteiger partial charge in [0.25, 0.3) is 17.7 Å². The third kappa shape index (κ3) is 6.79. The molecular formula is C31H35N9O4. The van der Waals surface area contributed by atoms with Gasteiger partial charge in [0.1, 0.15) is 17.3 Å². The molecule has 0 atom stereocenters. The van der Waals surface area contributed by atoms with E-state index < -0.39 is 5.91 Å². The molecule has 0 fully saturated rings. The minimum atomic E-state index is -0.485. The van der Waals surface area contributed by atoms with Crippen molar-refractivity contribution in [2.24, 2.45) is 14.1 Å². The molecule has 0 aliphatic rings. The molecule has 3 heterocycles. The molecule has 0 radical (unpaired) electrons. The molecule has 0 aliphatic carbocycles. The predicted molar refractivity (Wildman–Crippen MR) is 168 cm³/mol. The number of H-pyrrole nitrogens is 1. The summed E-state index contributed by atoms with van der Waals surface area (Å²) in [5.41, 5.74) is 3.58. The molecule has 4 N–H and O–H groups in total. The minimum Gasteiger partial charge on any atom is -0.497 e. The van der Waals surface area contributed by atoms with Gasteiger partial charge in [0, 0.05) is 44.2 Å². The van der Waals surface area contributed by atoms with E-state index in [4.69, 9.17) is 4.74 Å². The number of aryl methyl sites for hydroxylation is 2. The molecule has 0 spiro atoms. The maximum atomic E-state index is 13.1. The molecule has 5 rings (SSSR count). The number of benzene rings is 2. The number of carbonyl (C=O) groups excluding carboxylic acids is 3.